The van der Waals surface area contributed by atoms with Crippen LogP contribution in [0, 0.1) is 5.92 Å². The zero-order valence-corrected chi connectivity index (χ0v) is 17.9. The van der Waals surface area contributed by atoms with Crippen molar-refractivity contribution >= 4 is 39.9 Å². The Bertz CT molecular complexity index is 974. The van der Waals surface area contributed by atoms with E-state index in [0.29, 0.717) is 25.6 Å². The lowest BCUT2D eigenvalue weighted by atomic mass is 9.91. The first-order chi connectivity index (χ1) is 15.1. The minimum Gasteiger partial charge on any atom is -0.382 e. The summed E-state index contributed by atoms with van der Waals surface area (Å²) < 4.78 is 5.40. The second kappa shape index (κ2) is 10.1. The van der Waals surface area contributed by atoms with Gasteiger partial charge in [-0.3, -0.25) is 9.59 Å². The van der Waals surface area contributed by atoms with Gasteiger partial charge in [0.1, 0.15) is 5.88 Å². The van der Waals surface area contributed by atoms with Crippen molar-refractivity contribution in [2.75, 3.05) is 25.6 Å². The zero-order valence-electron chi connectivity index (χ0n) is 17.2. The number of fused-ring (bicyclic) bond motifs is 1. The third-order valence-electron chi connectivity index (χ3n) is 5.79. The van der Waals surface area contributed by atoms with Gasteiger partial charge in [-0.1, -0.05) is 41.6 Å². The van der Waals surface area contributed by atoms with E-state index in [1.165, 1.54) is 0 Å². The molecule has 164 valence electrons. The minimum atomic E-state index is -0.662. The molecule has 7 nitrogen and oxygen atoms in total. The van der Waals surface area contributed by atoms with Gasteiger partial charge in [-0.15, -0.1) is 11.6 Å². The Morgan fingerprint density at radius 1 is 1.13 bits per heavy atom. The number of carbonyl (C=O) groups is 2. The molecule has 2 aliphatic heterocycles. The second-order valence-corrected chi connectivity index (χ2v) is 8.14. The van der Waals surface area contributed by atoms with Gasteiger partial charge < -0.3 is 20.2 Å². The smallest absolute Gasteiger partial charge is 0.264 e. The Morgan fingerprint density at radius 3 is 2.68 bits per heavy atom. The van der Waals surface area contributed by atoms with Crippen molar-refractivity contribution in [2.24, 2.45) is 11.1 Å². The number of alkyl halides is 1. The van der Waals surface area contributed by atoms with Gasteiger partial charge in [0.15, 0.2) is 0 Å². The number of benzene rings is 2. The molecule has 1 fully saturated rings. The molecule has 2 heterocycles. The molecule has 4 rings (SSSR count). The summed E-state index contributed by atoms with van der Waals surface area (Å²) in [5, 5.41) is 12.1. The van der Waals surface area contributed by atoms with Crippen LogP contribution in [-0.4, -0.2) is 49.3 Å². The van der Waals surface area contributed by atoms with E-state index in [-0.39, 0.29) is 24.2 Å². The van der Waals surface area contributed by atoms with Crippen LogP contribution in [0.1, 0.15) is 30.9 Å². The molecule has 2 aromatic carbocycles. The largest absolute Gasteiger partial charge is 0.382 e. The zero-order chi connectivity index (χ0) is 21.6. The minimum absolute atomic E-state index is 0.133. The Labute approximate surface area is 186 Å². The summed E-state index contributed by atoms with van der Waals surface area (Å²) in [7, 11) is 0. The average molecular weight is 444 g/mol. The third kappa shape index (κ3) is 5.35. The fourth-order valence-electron chi connectivity index (χ4n) is 4.01. The highest BCUT2D eigenvalue weighted by Gasteiger charge is 2.34. The van der Waals surface area contributed by atoms with Gasteiger partial charge in [0.05, 0.1) is 11.8 Å². The molecule has 2 atom stereocenters. The molecule has 2 aromatic rings. The number of carbonyl (C=O) groups excluding carboxylic acids is 2. The molecule has 1 saturated heterocycles. The molecule has 0 saturated carbocycles. The van der Waals surface area contributed by atoms with Gasteiger partial charge in [-0.05, 0) is 35.2 Å². The Balaban J connectivity index is 1.45. The van der Waals surface area contributed by atoms with E-state index in [4.69, 9.17) is 21.2 Å². The van der Waals surface area contributed by atoms with Gasteiger partial charge in [0.25, 0.3) is 5.91 Å². The first kappa shape index (κ1) is 21.6. The van der Waals surface area contributed by atoms with E-state index in [1.807, 2.05) is 42.5 Å². The van der Waals surface area contributed by atoms with Crippen LogP contribution in [0.15, 0.2) is 47.6 Å². The molecule has 31 heavy (non-hydrogen) atoms. The number of oxime groups is 1. The van der Waals surface area contributed by atoms with Gasteiger partial charge in [-0.2, -0.15) is 0 Å². The van der Waals surface area contributed by atoms with Crippen molar-refractivity contribution in [1.82, 2.24) is 10.6 Å². The molecule has 0 radical (unpaired) electrons. The molecule has 2 amide bonds. The highest BCUT2D eigenvalue weighted by Crippen LogP contribution is 2.25. The van der Waals surface area contributed by atoms with Gasteiger partial charge in [0, 0.05) is 32.1 Å². The molecule has 0 bridgehead atoms. The van der Waals surface area contributed by atoms with Gasteiger partial charge in [0.2, 0.25) is 12.0 Å². The number of amides is 2. The van der Waals surface area contributed by atoms with Crippen molar-refractivity contribution in [1.29, 1.82) is 0 Å². The highest BCUT2D eigenvalue weighted by molar-refractivity contribution is 6.27. The van der Waals surface area contributed by atoms with E-state index in [0.717, 1.165) is 34.9 Å². The number of rotatable bonds is 7. The average Bonchev–Trinajstić information content (AvgIpc) is 3.32. The maximum absolute atomic E-state index is 13.0. The predicted molar refractivity (Wildman–Crippen MR) is 119 cm³/mol. The number of halogens is 1. The van der Waals surface area contributed by atoms with Crippen LogP contribution < -0.4 is 10.6 Å². The lowest BCUT2D eigenvalue weighted by Crippen LogP contribution is -2.42. The summed E-state index contributed by atoms with van der Waals surface area (Å²) in [6.45, 7) is 1.66. The second-order valence-electron chi connectivity index (χ2n) is 7.87. The Hall–Kier alpha value is -2.64. The maximum Gasteiger partial charge on any atom is 0.264 e. The van der Waals surface area contributed by atoms with Crippen molar-refractivity contribution in [3.63, 3.8) is 0 Å². The number of nitrogens with zero attached hydrogens (tertiary/aromatic N) is 1. The van der Waals surface area contributed by atoms with Crippen LogP contribution in [0.4, 0.5) is 0 Å². The van der Waals surface area contributed by atoms with Crippen LogP contribution in [0.2, 0.25) is 0 Å². The SMILES string of the molecule is O=C(CCl)NCC(NC(=O)C1CC(C2CCOCC2)=NO1)c1ccc2ccccc2c1. The summed E-state index contributed by atoms with van der Waals surface area (Å²) >= 11 is 5.62. The van der Waals surface area contributed by atoms with Crippen LogP contribution in [0.3, 0.4) is 0 Å². The van der Waals surface area contributed by atoms with Crippen molar-refractivity contribution < 1.29 is 19.2 Å². The third-order valence-corrected chi connectivity index (χ3v) is 6.04. The summed E-state index contributed by atoms with van der Waals surface area (Å²) in [6.07, 6.45) is 1.63. The molecule has 0 aromatic heterocycles. The number of ether oxygens (including phenoxy) is 1. The Kier molecular flexibility index (Phi) is 7.04. The molecule has 2 unspecified atom stereocenters. The highest BCUT2D eigenvalue weighted by atomic mass is 35.5. The normalized spacial score (nSPS) is 20.0. The van der Waals surface area contributed by atoms with E-state index >= 15 is 0 Å². The maximum atomic E-state index is 13.0. The van der Waals surface area contributed by atoms with E-state index < -0.39 is 12.1 Å². The molecule has 2 aliphatic rings. The van der Waals surface area contributed by atoms with Gasteiger partial charge in [-0.25, -0.2) is 0 Å². The summed E-state index contributed by atoms with van der Waals surface area (Å²) in [4.78, 5) is 30.1. The van der Waals surface area contributed by atoms with E-state index in [9.17, 15) is 9.59 Å². The molecule has 0 spiro atoms. The standard InChI is InChI=1S/C23H26ClN3O4/c24-13-22(28)25-14-20(18-6-5-15-3-1-2-4-17(15)11-18)26-23(29)21-12-19(27-31-21)16-7-9-30-10-8-16/h1-6,11,16,20-21H,7-10,12-14H2,(H,25,28)(H,26,29). The molecule has 0 aliphatic carbocycles. The van der Waals surface area contributed by atoms with Gasteiger partial charge >= 0.3 is 0 Å². The molecule has 2 N–H and O–H groups in total. The molecular weight excluding hydrogens is 418 g/mol. The number of hydrogen-bond acceptors (Lipinski definition) is 5. The number of nitrogens with one attached hydrogen (secondary N) is 2. The lowest BCUT2D eigenvalue weighted by molar-refractivity contribution is -0.132. The summed E-state index contributed by atoms with van der Waals surface area (Å²) in [6, 6.07) is 13.6. The quantitative estimate of drug-likeness (QED) is 0.644. The Morgan fingerprint density at radius 2 is 1.90 bits per heavy atom. The number of hydrogen-bond donors (Lipinski definition) is 2. The van der Waals surface area contributed by atoms with Crippen LogP contribution in [0.25, 0.3) is 10.8 Å². The lowest BCUT2D eigenvalue weighted by Gasteiger charge is -2.22. The van der Waals surface area contributed by atoms with Crippen LogP contribution >= 0.6 is 11.6 Å². The van der Waals surface area contributed by atoms with Crippen molar-refractivity contribution in [3.05, 3.63) is 48.0 Å². The fraction of sp³-hybridized carbons (Fsp3) is 0.435. The first-order valence-electron chi connectivity index (χ1n) is 10.6. The van der Waals surface area contributed by atoms with Crippen LogP contribution in [0.5, 0.6) is 0 Å². The monoisotopic (exact) mass is 443 g/mol. The topological polar surface area (TPSA) is 89.0 Å². The van der Waals surface area contributed by atoms with Crippen LogP contribution in [-0.2, 0) is 19.2 Å². The van der Waals surface area contributed by atoms with Crippen molar-refractivity contribution in [2.45, 2.75) is 31.4 Å². The molecular formula is C23H26ClN3O4. The van der Waals surface area contributed by atoms with E-state index in [2.05, 4.69) is 15.8 Å². The van der Waals surface area contributed by atoms with E-state index in [1.54, 1.807) is 0 Å². The summed E-state index contributed by atoms with van der Waals surface area (Å²) in [5.74, 6) is -0.356. The fourth-order valence-corrected chi connectivity index (χ4v) is 4.11. The predicted octanol–water partition coefficient (Wildman–Crippen LogP) is 2.92. The first-order valence-corrected chi connectivity index (χ1v) is 11.1. The van der Waals surface area contributed by atoms with Crippen molar-refractivity contribution in [3.8, 4) is 0 Å². The molecule has 8 heteroatoms. The summed E-state index contributed by atoms with van der Waals surface area (Å²) in [5.41, 5.74) is 1.83.